The van der Waals surface area contributed by atoms with E-state index in [0.29, 0.717) is 12.1 Å². The first-order valence-electron chi connectivity index (χ1n) is 8.63. The summed E-state index contributed by atoms with van der Waals surface area (Å²) in [6.07, 6.45) is 8.97. The highest BCUT2D eigenvalue weighted by atomic mass is 16.5. The fraction of sp³-hybridized carbons (Fsp3) is 0.684. The normalized spacial score (nSPS) is 26.7. The van der Waals surface area contributed by atoms with Crippen LogP contribution in [-0.2, 0) is 4.74 Å². The molecular formula is C19H29NO. The summed E-state index contributed by atoms with van der Waals surface area (Å²) in [6.45, 7) is 5.36. The van der Waals surface area contributed by atoms with Gasteiger partial charge in [0.1, 0.15) is 0 Å². The van der Waals surface area contributed by atoms with Gasteiger partial charge < -0.3 is 10.1 Å². The zero-order chi connectivity index (χ0) is 14.7. The van der Waals surface area contributed by atoms with Crippen LogP contribution in [0, 0.1) is 6.92 Å². The highest BCUT2D eigenvalue weighted by Crippen LogP contribution is 2.39. The van der Waals surface area contributed by atoms with Crippen molar-refractivity contribution in [2.75, 3.05) is 6.61 Å². The second-order valence-corrected chi connectivity index (χ2v) is 7.08. The molecule has 2 atom stereocenters. The summed E-state index contributed by atoms with van der Waals surface area (Å²) < 4.78 is 6.20. The summed E-state index contributed by atoms with van der Waals surface area (Å²) in [5.74, 6) is 0. The van der Waals surface area contributed by atoms with Crippen LogP contribution in [0.3, 0.4) is 0 Å². The molecule has 0 aromatic heterocycles. The van der Waals surface area contributed by atoms with Gasteiger partial charge >= 0.3 is 0 Å². The van der Waals surface area contributed by atoms with Crippen molar-refractivity contribution in [3.05, 3.63) is 35.4 Å². The van der Waals surface area contributed by atoms with Crippen LogP contribution in [0.15, 0.2) is 24.3 Å². The van der Waals surface area contributed by atoms with E-state index in [0.717, 1.165) is 13.0 Å². The van der Waals surface area contributed by atoms with Crippen molar-refractivity contribution in [3.63, 3.8) is 0 Å². The number of hydrogen-bond donors (Lipinski definition) is 1. The maximum Gasteiger partial charge on any atom is 0.0697 e. The maximum atomic E-state index is 6.20. The summed E-state index contributed by atoms with van der Waals surface area (Å²) in [7, 11) is 0. The van der Waals surface area contributed by atoms with E-state index in [2.05, 4.69) is 43.4 Å². The quantitative estimate of drug-likeness (QED) is 0.882. The van der Waals surface area contributed by atoms with Crippen molar-refractivity contribution in [2.24, 2.45) is 0 Å². The number of benzene rings is 1. The third-order valence-corrected chi connectivity index (χ3v) is 5.32. The van der Waals surface area contributed by atoms with E-state index in [1.165, 1.54) is 49.7 Å². The third-order valence-electron chi connectivity index (χ3n) is 5.32. The second kappa shape index (κ2) is 6.50. The van der Waals surface area contributed by atoms with Crippen molar-refractivity contribution in [1.29, 1.82) is 0 Å². The predicted molar refractivity (Wildman–Crippen MR) is 87.5 cm³/mol. The van der Waals surface area contributed by atoms with Gasteiger partial charge in [0.05, 0.1) is 5.60 Å². The zero-order valence-electron chi connectivity index (χ0n) is 13.5. The summed E-state index contributed by atoms with van der Waals surface area (Å²) in [5, 5.41) is 3.85. The Morgan fingerprint density at radius 3 is 2.57 bits per heavy atom. The first-order chi connectivity index (χ1) is 10.2. The summed E-state index contributed by atoms with van der Waals surface area (Å²) in [5.41, 5.74) is 2.92. The molecule has 1 aromatic carbocycles. The van der Waals surface area contributed by atoms with Crippen molar-refractivity contribution in [2.45, 2.75) is 76.5 Å². The number of aryl methyl sites for hydroxylation is 1. The molecule has 1 heterocycles. The lowest BCUT2D eigenvalue weighted by Crippen LogP contribution is -2.48. The molecule has 1 spiro atoms. The molecule has 2 fully saturated rings. The topological polar surface area (TPSA) is 21.3 Å². The largest absolute Gasteiger partial charge is 0.375 e. The Kier molecular flexibility index (Phi) is 4.66. The Morgan fingerprint density at radius 1 is 1.14 bits per heavy atom. The molecule has 1 aromatic rings. The van der Waals surface area contributed by atoms with Crippen LogP contribution >= 0.6 is 0 Å². The SMILES string of the molecule is Cc1ccc([C@@H](C)NC2CCOC3(CCCCC3)C2)cc1. The van der Waals surface area contributed by atoms with Crippen molar-refractivity contribution in [3.8, 4) is 0 Å². The standard InChI is InChI=1S/C19H29NO/c1-15-6-8-17(9-7-15)16(2)20-18-10-13-21-19(14-18)11-4-3-5-12-19/h6-9,16,18,20H,3-5,10-14H2,1-2H3/t16-,18?/m1/s1. The summed E-state index contributed by atoms with van der Waals surface area (Å²) in [6, 6.07) is 9.95. The Balaban J connectivity index is 1.60. The Labute approximate surface area is 129 Å². The molecule has 1 N–H and O–H groups in total. The lowest BCUT2D eigenvalue weighted by atomic mass is 9.78. The fourth-order valence-electron chi connectivity index (χ4n) is 4.02. The molecular weight excluding hydrogens is 258 g/mol. The molecule has 0 amide bonds. The molecule has 0 bridgehead atoms. The van der Waals surface area contributed by atoms with E-state index in [4.69, 9.17) is 4.74 Å². The van der Waals surface area contributed by atoms with Gasteiger partial charge in [-0.25, -0.2) is 0 Å². The Bertz CT molecular complexity index is 442. The minimum Gasteiger partial charge on any atom is -0.375 e. The fourth-order valence-corrected chi connectivity index (χ4v) is 4.02. The van der Waals surface area contributed by atoms with E-state index >= 15 is 0 Å². The predicted octanol–water partition coefficient (Wildman–Crippen LogP) is 4.53. The van der Waals surface area contributed by atoms with Crippen molar-refractivity contribution >= 4 is 0 Å². The van der Waals surface area contributed by atoms with Gasteiger partial charge in [0.15, 0.2) is 0 Å². The van der Waals surface area contributed by atoms with Crippen LogP contribution in [0.2, 0.25) is 0 Å². The van der Waals surface area contributed by atoms with Gasteiger partial charge in [-0.05, 0) is 45.1 Å². The molecule has 0 radical (unpaired) electrons. The highest BCUT2D eigenvalue weighted by molar-refractivity contribution is 5.23. The average Bonchev–Trinajstić information content (AvgIpc) is 2.49. The average molecular weight is 287 g/mol. The molecule has 2 aliphatic rings. The second-order valence-electron chi connectivity index (χ2n) is 7.08. The van der Waals surface area contributed by atoms with Gasteiger partial charge in [0.25, 0.3) is 0 Å². The zero-order valence-corrected chi connectivity index (χ0v) is 13.5. The van der Waals surface area contributed by atoms with Gasteiger partial charge in [-0.1, -0.05) is 49.1 Å². The number of ether oxygens (including phenoxy) is 1. The Morgan fingerprint density at radius 2 is 1.86 bits per heavy atom. The molecule has 1 saturated heterocycles. The first-order valence-corrected chi connectivity index (χ1v) is 8.63. The van der Waals surface area contributed by atoms with Crippen LogP contribution in [-0.4, -0.2) is 18.2 Å². The van der Waals surface area contributed by atoms with Gasteiger partial charge in [-0.3, -0.25) is 0 Å². The molecule has 1 saturated carbocycles. The Hall–Kier alpha value is -0.860. The van der Waals surface area contributed by atoms with Crippen molar-refractivity contribution in [1.82, 2.24) is 5.32 Å². The summed E-state index contributed by atoms with van der Waals surface area (Å²) in [4.78, 5) is 0. The molecule has 2 nitrogen and oxygen atoms in total. The van der Waals surface area contributed by atoms with Gasteiger partial charge in [0, 0.05) is 18.7 Å². The minimum absolute atomic E-state index is 0.196. The molecule has 3 rings (SSSR count). The molecule has 1 unspecified atom stereocenters. The monoisotopic (exact) mass is 287 g/mol. The number of nitrogens with one attached hydrogen (secondary N) is 1. The van der Waals surface area contributed by atoms with Crippen LogP contribution < -0.4 is 5.32 Å². The first kappa shape index (κ1) is 15.1. The minimum atomic E-state index is 0.196. The van der Waals surface area contributed by atoms with Crippen LogP contribution in [0.25, 0.3) is 0 Å². The lowest BCUT2D eigenvalue weighted by molar-refractivity contribution is -0.110. The van der Waals surface area contributed by atoms with E-state index in [9.17, 15) is 0 Å². The molecule has 116 valence electrons. The maximum absolute atomic E-state index is 6.20. The van der Waals surface area contributed by atoms with E-state index < -0.39 is 0 Å². The number of hydrogen-bond acceptors (Lipinski definition) is 2. The molecule has 21 heavy (non-hydrogen) atoms. The van der Waals surface area contributed by atoms with E-state index in [-0.39, 0.29) is 5.60 Å². The highest BCUT2D eigenvalue weighted by Gasteiger charge is 2.38. The lowest BCUT2D eigenvalue weighted by Gasteiger charge is -2.44. The molecule has 1 aliphatic heterocycles. The van der Waals surface area contributed by atoms with E-state index in [1.54, 1.807) is 0 Å². The van der Waals surface area contributed by atoms with Gasteiger partial charge in [-0.15, -0.1) is 0 Å². The number of rotatable bonds is 3. The van der Waals surface area contributed by atoms with Crippen molar-refractivity contribution < 1.29 is 4.74 Å². The molecule has 2 heteroatoms. The molecule has 1 aliphatic carbocycles. The van der Waals surface area contributed by atoms with Gasteiger partial charge in [-0.2, -0.15) is 0 Å². The van der Waals surface area contributed by atoms with Crippen LogP contribution in [0.5, 0.6) is 0 Å². The smallest absolute Gasteiger partial charge is 0.0697 e. The van der Waals surface area contributed by atoms with Crippen LogP contribution in [0.4, 0.5) is 0 Å². The van der Waals surface area contributed by atoms with E-state index in [1.807, 2.05) is 0 Å². The van der Waals surface area contributed by atoms with Gasteiger partial charge in [0.2, 0.25) is 0 Å². The third kappa shape index (κ3) is 3.67. The summed E-state index contributed by atoms with van der Waals surface area (Å²) >= 11 is 0. The van der Waals surface area contributed by atoms with Crippen LogP contribution in [0.1, 0.15) is 69.0 Å².